The number of nitrogen functional groups attached to an aromatic ring is 1. The lowest BCUT2D eigenvalue weighted by molar-refractivity contribution is -0.116. The van der Waals surface area contributed by atoms with Gasteiger partial charge in [0.15, 0.2) is 0 Å². The highest BCUT2D eigenvalue weighted by Gasteiger charge is 2.08. The Kier molecular flexibility index (Phi) is 7.05. The highest BCUT2D eigenvalue weighted by Crippen LogP contribution is 2.26. The molecule has 1 aromatic rings. The minimum Gasteiger partial charge on any atom is -0.494 e. The second-order valence-corrected chi connectivity index (χ2v) is 4.82. The Morgan fingerprint density at radius 3 is 2.90 bits per heavy atom. The summed E-state index contributed by atoms with van der Waals surface area (Å²) in [4.78, 5) is 13.9. The van der Waals surface area contributed by atoms with E-state index >= 15 is 0 Å². The maximum atomic E-state index is 11.9. The number of benzene rings is 1. The minimum atomic E-state index is -0.0632. The first-order chi connectivity index (χ1) is 10.1. The van der Waals surface area contributed by atoms with E-state index in [-0.39, 0.29) is 5.91 Å². The summed E-state index contributed by atoms with van der Waals surface area (Å²) in [6, 6.07) is 7.22. The Labute approximate surface area is 125 Å². The van der Waals surface area contributed by atoms with E-state index in [1.807, 2.05) is 11.9 Å². The zero-order chi connectivity index (χ0) is 15.7. The maximum absolute atomic E-state index is 11.9. The van der Waals surface area contributed by atoms with Crippen LogP contribution in [0, 0.1) is 11.3 Å². The largest absolute Gasteiger partial charge is 0.494 e. The van der Waals surface area contributed by atoms with Crippen LogP contribution in [-0.4, -0.2) is 38.1 Å². The fraction of sp³-hybridized carbons (Fsp3) is 0.467. The smallest absolute Gasteiger partial charge is 0.224 e. The molecule has 0 unspecified atom stereocenters. The lowest BCUT2D eigenvalue weighted by atomic mass is 10.2. The number of rotatable bonds is 8. The van der Waals surface area contributed by atoms with Gasteiger partial charge in [-0.15, -0.1) is 0 Å². The summed E-state index contributed by atoms with van der Waals surface area (Å²) in [5, 5.41) is 11.3. The molecule has 0 aliphatic rings. The first kappa shape index (κ1) is 16.8. The third kappa shape index (κ3) is 6.15. The average molecular weight is 290 g/mol. The number of nitrogens with one attached hydrogen (secondary N) is 1. The number of nitriles is 1. The van der Waals surface area contributed by atoms with Crippen molar-refractivity contribution in [3.63, 3.8) is 0 Å². The van der Waals surface area contributed by atoms with Gasteiger partial charge in [0, 0.05) is 31.1 Å². The van der Waals surface area contributed by atoms with Crippen molar-refractivity contribution in [3.05, 3.63) is 18.2 Å². The summed E-state index contributed by atoms with van der Waals surface area (Å²) in [5.74, 6) is 0.487. The predicted octanol–water partition coefficient (Wildman–Crippen LogP) is 1.84. The monoisotopic (exact) mass is 290 g/mol. The van der Waals surface area contributed by atoms with Crippen molar-refractivity contribution in [3.8, 4) is 11.8 Å². The summed E-state index contributed by atoms with van der Waals surface area (Å²) >= 11 is 0. The van der Waals surface area contributed by atoms with Gasteiger partial charge in [-0.2, -0.15) is 5.26 Å². The van der Waals surface area contributed by atoms with Crippen LogP contribution in [0.3, 0.4) is 0 Å². The molecule has 0 aromatic heterocycles. The standard InChI is InChI=1S/C15H22N4O2/c1-19(10-4-8-16)9-3-5-15(20)18-13-7-6-12(17)11-14(13)21-2/h6-7,11H,3-5,9-10,17H2,1-2H3,(H,18,20). The summed E-state index contributed by atoms with van der Waals surface area (Å²) in [6.45, 7) is 1.51. The molecular formula is C15H22N4O2. The molecule has 0 radical (unpaired) electrons. The van der Waals surface area contributed by atoms with Crippen molar-refractivity contribution in [2.24, 2.45) is 0 Å². The molecule has 0 fully saturated rings. The van der Waals surface area contributed by atoms with E-state index in [9.17, 15) is 4.79 Å². The van der Waals surface area contributed by atoms with Crippen molar-refractivity contribution in [2.45, 2.75) is 19.3 Å². The number of anilines is 2. The molecule has 1 amide bonds. The zero-order valence-electron chi connectivity index (χ0n) is 12.6. The molecule has 1 aromatic carbocycles. The quantitative estimate of drug-likeness (QED) is 0.713. The third-order valence-corrected chi connectivity index (χ3v) is 3.05. The van der Waals surface area contributed by atoms with Gasteiger partial charge in [0.2, 0.25) is 5.91 Å². The maximum Gasteiger partial charge on any atom is 0.224 e. The lowest BCUT2D eigenvalue weighted by Gasteiger charge is -2.14. The third-order valence-electron chi connectivity index (χ3n) is 3.05. The van der Waals surface area contributed by atoms with Gasteiger partial charge in [-0.05, 0) is 32.1 Å². The van der Waals surface area contributed by atoms with Crippen molar-refractivity contribution < 1.29 is 9.53 Å². The van der Waals surface area contributed by atoms with Gasteiger partial charge in [-0.3, -0.25) is 4.79 Å². The molecular weight excluding hydrogens is 268 g/mol. The average Bonchev–Trinajstić information content (AvgIpc) is 2.46. The van der Waals surface area contributed by atoms with Gasteiger partial charge in [-0.1, -0.05) is 0 Å². The Bertz CT molecular complexity index is 511. The number of hydrogen-bond acceptors (Lipinski definition) is 5. The van der Waals surface area contributed by atoms with Crippen LogP contribution < -0.4 is 15.8 Å². The van der Waals surface area contributed by atoms with Gasteiger partial charge in [-0.25, -0.2) is 0 Å². The van der Waals surface area contributed by atoms with Crippen LogP contribution in [-0.2, 0) is 4.79 Å². The van der Waals surface area contributed by atoms with E-state index in [1.165, 1.54) is 7.11 Å². The van der Waals surface area contributed by atoms with Crippen molar-refractivity contribution in [1.29, 1.82) is 5.26 Å². The molecule has 0 atom stereocenters. The number of ether oxygens (including phenoxy) is 1. The molecule has 0 bridgehead atoms. The number of methoxy groups -OCH3 is 1. The van der Waals surface area contributed by atoms with E-state index in [1.54, 1.807) is 18.2 Å². The Morgan fingerprint density at radius 1 is 1.48 bits per heavy atom. The molecule has 0 saturated heterocycles. The number of hydrogen-bond donors (Lipinski definition) is 2. The topological polar surface area (TPSA) is 91.4 Å². The van der Waals surface area contributed by atoms with Gasteiger partial charge >= 0.3 is 0 Å². The number of amides is 1. The molecule has 0 spiro atoms. The molecule has 3 N–H and O–H groups in total. The van der Waals surface area contributed by atoms with Crippen LogP contribution in [0.5, 0.6) is 5.75 Å². The molecule has 0 aliphatic heterocycles. The second kappa shape index (κ2) is 8.82. The SMILES string of the molecule is COc1cc(N)ccc1NC(=O)CCCN(C)CCC#N. The Morgan fingerprint density at radius 2 is 2.24 bits per heavy atom. The number of nitrogens with zero attached hydrogens (tertiary/aromatic N) is 2. The van der Waals surface area contributed by atoms with Crippen LogP contribution in [0.4, 0.5) is 11.4 Å². The summed E-state index contributed by atoms with van der Waals surface area (Å²) < 4.78 is 5.18. The zero-order valence-corrected chi connectivity index (χ0v) is 12.6. The van der Waals surface area contributed by atoms with Crippen LogP contribution in [0.25, 0.3) is 0 Å². The molecule has 1 rings (SSSR count). The van der Waals surface area contributed by atoms with Crippen molar-refractivity contribution in [1.82, 2.24) is 4.90 Å². The van der Waals surface area contributed by atoms with E-state index < -0.39 is 0 Å². The molecule has 0 aliphatic carbocycles. The molecule has 0 heterocycles. The summed E-state index contributed by atoms with van der Waals surface area (Å²) in [6.07, 6.45) is 1.67. The number of carbonyl (C=O) groups excluding carboxylic acids is 1. The predicted molar refractivity (Wildman–Crippen MR) is 83.0 cm³/mol. The van der Waals surface area contributed by atoms with Gasteiger partial charge in [0.05, 0.1) is 18.9 Å². The summed E-state index contributed by atoms with van der Waals surface area (Å²) in [7, 11) is 3.48. The van der Waals surface area contributed by atoms with Crippen molar-refractivity contribution >= 4 is 17.3 Å². The van der Waals surface area contributed by atoms with Crippen LogP contribution in [0.15, 0.2) is 18.2 Å². The van der Waals surface area contributed by atoms with Crippen molar-refractivity contribution in [2.75, 3.05) is 38.3 Å². The molecule has 114 valence electrons. The van der Waals surface area contributed by atoms with Gasteiger partial charge in [0.25, 0.3) is 0 Å². The molecule has 21 heavy (non-hydrogen) atoms. The first-order valence-corrected chi connectivity index (χ1v) is 6.85. The minimum absolute atomic E-state index is 0.0632. The molecule has 6 heteroatoms. The molecule has 0 saturated carbocycles. The second-order valence-electron chi connectivity index (χ2n) is 4.82. The molecule has 6 nitrogen and oxygen atoms in total. The Balaban J connectivity index is 2.39. The lowest BCUT2D eigenvalue weighted by Crippen LogP contribution is -2.22. The van der Waals surface area contributed by atoms with E-state index in [4.69, 9.17) is 15.7 Å². The Hall–Kier alpha value is -2.26. The van der Waals surface area contributed by atoms with Crippen LogP contribution in [0.1, 0.15) is 19.3 Å². The number of carbonyl (C=O) groups is 1. The normalized spacial score (nSPS) is 10.2. The fourth-order valence-corrected chi connectivity index (χ4v) is 1.89. The highest BCUT2D eigenvalue weighted by atomic mass is 16.5. The first-order valence-electron chi connectivity index (χ1n) is 6.85. The van der Waals surface area contributed by atoms with Gasteiger partial charge in [0.1, 0.15) is 5.75 Å². The van der Waals surface area contributed by atoms with E-state index in [2.05, 4.69) is 11.4 Å². The highest BCUT2D eigenvalue weighted by molar-refractivity contribution is 5.92. The number of nitrogens with two attached hydrogens (primary N) is 1. The van der Waals surface area contributed by atoms with Gasteiger partial charge < -0.3 is 20.7 Å². The fourth-order valence-electron chi connectivity index (χ4n) is 1.89. The van der Waals surface area contributed by atoms with Crippen LogP contribution in [0.2, 0.25) is 0 Å². The van der Waals surface area contributed by atoms with E-state index in [0.29, 0.717) is 30.0 Å². The van der Waals surface area contributed by atoms with Crippen LogP contribution >= 0.6 is 0 Å². The summed E-state index contributed by atoms with van der Waals surface area (Å²) in [5.41, 5.74) is 6.87. The van der Waals surface area contributed by atoms with E-state index in [0.717, 1.165) is 19.5 Å².